The third kappa shape index (κ3) is 4.92. The van der Waals surface area contributed by atoms with Crippen LogP contribution in [0, 0.1) is 17.0 Å². The van der Waals surface area contributed by atoms with Crippen LogP contribution in [-0.4, -0.2) is 30.5 Å². The first-order chi connectivity index (χ1) is 9.04. The Labute approximate surface area is 111 Å². The number of nitrogens with one attached hydrogen (secondary N) is 2. The van der Waals surface area contributed by atoms with Gasteiger partial charge in [0, 0.05) is 19.2 Å². The highest BCUT2D eigenvalue weighted by molar-refractivity contribution is 5.77. The third-order valence-corrected chi connectivity index (χ3v) is 2.53. The number of nitro groups is 1. The Balaban J connectivity index is 2.45. The van der Waals surface area contributed by atoms with Crippen molar-refractivity contribution in [3.8, 4) is 0 Å². The number of carbonyl (C=O) groups excluding carboxylic acids is 1. The Kier molecular flexibility index (Phi) is 5.74. The molecule has 0 unspecified atom stereocenters. The molecule has 1 aromatic carbocycles. The fraction of sp³-hybridized carbons (Fsp3) is 0.417. The van der Waals surface area contributed by atoms with E-state index in [2.05, 4.69) is 10.6 Å². The lowest BCUT2D eigenvalue weighted by Gasteiger charge is -2.08. The first-order valence-corrected chi connectivity index (χ1v) is 6.00. The van der Waals surface area contributed by atoms with Gasteiger partial charge in [0.15, 0.2) is 0 Å². The monoisotopic (exact) mass is 266 g/mol. The Bertz CT molecular complexity index is 462. The maximum absolute atomic E-state index is 10.9. The summed E-state index contributed by atoms with van der Waals surface area (Å²) in [6.07, 6.45) is 0.663. The highest BCUT2D eigenvalue weighted by Crippen LogP contribution is 2.24. The largest absolute Gasteiger partial charge is 0.379 e. The quantitative estimate of drug-likeness (QED) is 0.384. The number of benzene rings is 1. The number of hydrogen-bond acceptors (Lipinski definition) is 5. The van der Waals surface area contributed by atoms with Crippen LogP contribution >= 0.6 is 0 Å². The van der Waals surface area contributed by atoms with Crippen LogP contribution in [0.2, 0.25) is 0 Å². The van der Waals surface area contributed by atoms with E-state index in [-0.39, 0.29) is 18.1 Å². The Morgan fingerprint density at radius 2 is 2.16 bits per heavy atom. The molecule has 0 radical (unpaired) electrons. The molecule has 0 aromatic heterocycles. The molecular weight excluding hydrogens is 248 g/mol. The lowest BCUT2D eigenvalue weighted by atomic mass is 10.2. The van der Waals surface area contributed by atoms with Gasteiger partial charge >= 0.3 is 0 Å². The van der Waals surface area contributed by atoms with Crippen LogP contribution < -0.4 is 16.4 Å². The smallest absolute Gasteiger partial charge is 0.292 e. The van der Waals surface area contributed by atoms with Crippen molar-refractivity contribution in [1.29, 1.82) is 0 Å². The summed E-state index contributed by atoms with van der Waals surface area (Å²) in [5.74, 6) is -0.207. The minimum atomic E-state index is -0.411. The van der Waals surface area contributed by atoms with E-state index in [1.165, 1.54) is 6.07 Å². The summed E-state index contributed by atoms with van der Waals surface area (Å²) in [4.78, 5) is 21.4. The van der Waals surface area contributed by atoms with E-state index in [1.54, 1.807) is 13.0 Å². The van der Waals surface area contributed by atoms with E-state index in [0.717, 1.165) is 5.56 Å². The van der Waals surface area contributed by atoms with E-state index < -0.39 is 4.92 Å². The molecule has 1 aromatic rings. The van der Waals surface area contributed by atoms with Crippen LogP contribution in [0.1, 0.15) is 12.0 Å². The molecule has 7 nitrogen and oxygen atoms in total. The summed E-state index contributed by atoms with van der Waals surface area (Å²) < 4.78 is 0. The van der Waals surface area contributed by atoms with Crippen molar-refractivity contribution in [2.45, 2.75) is 13.3 Å². The summed E-state index contributed by atoms with van der Waals surface area (Å²) >= 11 is 0. The molecule has 0 spiro atoms. The average Bonchev–Trinajstić information content (AvgIpc) is 2.39. The number of aryl methyl sites for hydroxylation is 1. The first-order valence-electron chi connectivity index (χ1n) is 6.00. The van der Waals surface area contributed by atoms with Crippen molar-refractivity contribution in [2.75, 3.05) is 25.0 Å². The molecule has 0 atom stereocenters. The minimum Gasteiger partial charge on any atom is -0.379 e. The second-order valence-corrected chi connectivity index (χ2v) is 4.11. The van der Waals surface area contributed by atoms with Gasteiger partial charge in [0.25, 0.3) is 5.69 Å². The van der Waals surface area contributed by atoms with Crippen LogP contribution in [0.4, 0.5) is 11.4 Å². The van der Waals surface area contributed by atoms with Gasteiger partial charge in [0.1, 0.15) is 5.69 Å². The van der Waals surface area contributed by atoms with Crippen molar-refractivity contribution >= 4 is 17.3 Å². The predicted molar refractivity (Wildman–Crippen MR) is 73.0 cm³/mol. The molecule has 0 bridgehead atoms. The second-order valence-electron chi connectivity index (χ2n) is 4.11. The van der Waals surface area contributed by atoms with Gasteiger partial charge in [-0.3, -0.25) is 14.9 Å². The number of carbonyl (C=O) groups is 1. The molecule has 0 aliphatic carbocycles. The van der Waals surface area contributed by atoms with Crippen LogP contribution in [-0.2, 0) is 4.79 Å². The van der Waals surface area contributed by atoms with Crippen LogP contribution in [0.3, 0.4) is 0 Å². The van der Waals surface area contributed by atoms with E-state index in [4.69, 9.17) is 5.73 Å². The highest BCUT2D eigenvalue weighted by atomic mass is 16.6. The zero-order valence-electron chi connectivity index (χ0n) is 10.8. The number of nitrogens with two attached hydrogens (primary N) is 1. The van der Waals surface area contributed by atoms with Gasteiger partial charge in [0.2, 0.25) is 5.91 Å². The molecular formula is C12H18N4O3. The minimum absolute atomic E-state index is 0.0309. The SMILES string of the molecule is Cc1ccc(NCCCNC(=O)CN)c([N+](=O)[O-])c1. The maximum Gasteiger partial charge on any atom is 0.292 e. The van der Waals surface area contributed by atoms with Crippen LogP contribution in [0.5, 0.6) is 0 Å². The number of anilines is 1. The number of rotatable bonds is 7. The van der Waals surface area contributed by atoms with Gasteiger partial charge in [-0.25, -0.2) is 0 Å². The van der Waals surface area contributed by atoms with E-state index >= 15 is 0 Å². The Morgan fingerprint density at radius 1 is 1.42 bits per heavy atom. The molecule has 19 heavy (non-hydrogen) atoms. The summed E-state index contributed by atoms with van der Waals surface area (Å²) in [6, 6.07) is 5.02. The zero-order valence-corrected chi connectivity index (χ0v) is 10.8. The van der Waals surface area contributed by atoms with E-state index in [9.17, 15) is 14.9 Å². The van der Waals surface area contributed by atoms with Gasteiger partial charge in [-0.05, 0) is 25.0 Å². The van der Waals surface area contributed by atoms with E-state index in [1.807, 2.05) is 6.07 Å². The lowest BCUT2D eigenvalue weighted by Crippen LogP contribution is -2.31. The normalized spacial score (nSPS) is 10.0. The molecule has 1 amide bonds. The third-order valence-electron chi connectivity index (χ3n) is 2.53. The van der Waals surface area contributed by atoms with Crippen LogP contribution in [0.15, 0.2) is 18.2 Å². The Morgan fingerprint density at radius 3 is 2.79 bits per heavy atom. The summed E-state index contributed by atoms with van der Waals surface area (Å²) in [5, 5.41) is 16.5. The summed E-state index contributed by atoms with van der Waals surface area (Å²) in [5.41, 5.74) is 6.53. The molecule has 104 valence electrons. The maximum atomic E-state index is 10.9. The first kappa shape index (κ1) is 14.9. The molecule has 0 fully saturated rings. The molecule has 1 rings (SSSR count). The van der Waals surface area contributed by atoms with Crippen molar-refractivity contribution < 1.29 is 9.72 Å². The molecule has 0 aliphatic rings. The van der Waals surface area contributed by atoms with Crippen molar-refractivity contribution in [1.82, 2.24) is 5.32 Å². The molecule has 0 saturated heterocycles. The Hall–Kier alpha value is -2.15. The number of hydrogen-bond donors (Lipinski definition) is 3. The molecule has 0 heterocycles. The van der Waals surface area contributed by atoms with Crippen molar-refractivity contribution in [3.63, 3.8) is 0 Å². The molecule has 0 saturated carbocycles. The van der Waals surface area contributed by atoms with Crippen molar-refractivity contribution in [3.05, 3.63) is 33.9 Å². The number of amides is 1. The molecule has 0 aliphatic heterocycles. The van der Waals surface area contributed by atoms with Crippen LogP contribution in [0.25, 0.3) is 0 Å². The molecule has 7 heteroatoms. The van der Waals surface area contributed by atoms with E-state index in [0.29, 0.717) is 25.2 Å². The van der Waals surface area contributed by atoms with Gasteiger partial charge in [-0.1, -0.05) is 6.07 Å². The topological polar surface area (TPSA) is 110 Å². The highest BCUT2D eigenvalue weighted by Gasteiger charge is 2.12. The fourth-order valence-electron chi connectivity index (χ4n) is 1.55. The van der Waals surface area contributed by atoms with Gasteiger partial charge in [0.05, 0.1) is 11.5 Å². The number of nitrogens with zero attached hydrogens (tertiary/aromatic N) is 1. The van der Waals surface area contributed by atoms with Gasteiger partial charge in [-0.2, -0.15) is 0 Å². The fourth-order valence-corrected chi connectivity index (χ4v) is 1.55. The zero-order chi connectivity index (χ0) is 14.3. The molecule has 4 N–H and O–H groups in total. The van der Waals surface area contributed by atoms with Crippen molar-refractivity contribution in [2.24, 2.45) is 5.73 Å². The summed E-state index contributed by atoms with van der Waals surface area (Å²) in [6.45, 7) is 2.80. The van der Waals surface area contributed by atoms with Gasteiger partial charge < -0.3 is 16.4 Å². The lowest BCUT2D eigenvalue weighted by molar-refractivity contribution is -0.384. The second kappa shape index (κ2) is 7.32. The van der Waals surface area contributed by atoms with Gasteiger partial charge in [-0.15, -0.1) is 0 Å². The predicted octanol–water partition coefficient (Wildman–Crippen LogP) is 0.780. The standard InChI is InChI=1S/C12H18N4O3/c1-9-3-4-10(11(7-9)16(18)19)14-5-2-6-15-12(17)8-13/h3-4,7,14H,2,5-6,8,13H2,1H3,(H,15,17). The average molecular weight is 266 g/mol. The number of nitro benzene ring substituents is 1. The summed E-state index contributed by atoms with van der Waals surface area (Å²) in [7, 11) is 0.